The highest BCUT2D eigenvalue weighted by Gasteiger charge is 2.27. The number of carbonyl (C=O) groups excluding carboxylic acids is 1. The Balaban J connectivity index is 1.32. The third-order valence-electron chi connectivity index (χ3n) is 5.79. The quantitative estimate of drug-likeness (QED) is 0.345. The van der Waals surface area contributed by atoms with E-state index in [4.69, 9.17) is 10.8 Å². The molecule has 2 amide bonds. The number of nitrogen functional groups attached to an aromatic ring is 1. The van der Waals surface area contributed by atoms with E-state index >= 15 is 0 Å². The molecule has 0 bridgehead atoms. The number of benzene rings is 1. The Hall–Kier alpha value is -3.95. The summed E-state index contributed by atoms with van der Waals surface area (Å²) in [6.07, 6.45) is 5.00. The number of hydrogen-bond donors (Lipinski definition) is 4. The monoisotopic (exact) mass is 445 g/mol. The van der Waals surface area contributed by atoms with E-state index in [9.17, 15) is 4.79 Å². The fraction of sp³-hybridized carbons (Fsp3) is 0.348. The maximum Gasteiger partial charge on any atom is 0.324 e. The van der Waals surface area contributed by atoms with E-state index < -0.39 is 0 Å². The van der Waals surface area contributed by atoms with Crippen LogP contribution in [0.15, 0.2) is 36.5 Å². The summed E-state index contributed by atoms with van der Waals surface area (Å²) in [6.45, 7) is 6.22. The summed E-state index contributed by atoms with van der Waals surface area (Å²) in [4.78, 5) is 17.2. The molecule has 3 heterocycles. The van der Waals surface area contributed by atoms with Crippen molar-refractivity contribution in [3.8, 4) is 22.8 Å². The molecule has 1 saturated carbocycles. The van der Waals surface area contributed by atoms with Crippen molar-refractivity contribution >= 4 is 17.5 Å². The predicted molar refractivity (Wildman–Crippen MR) is 126 cm³/mol. The van der Waals surface area contributed by atoms with Crippen LogP contribution < -0.4 is 16.5 Å². The van der Waals surface area contributed by atoms with Crippen molar-refractivity contribution < 1.29 is 4.79 Å². The van der Waals surface area contributed by atoms with E-state index in [-0.39, 0.29) is 11.4 Å². The Morgan fingerprint density at radius 3 is 2.64 bits per heavy atom. The maximum atomic E-state index is 12.4. The van der Waals surface area contributed by atoms with Gasteiger partial charge in [0.15, 0.2) is 11.6 Å². The number of carbonyl (C=O) groups is 1. The van der Waals surface area contributed by atoms with E-state index in [0.717, 1.165) is 34.8 Å². The molecule has 2 aliphatic heterocycles. The molecule has 0 atom stereocenters. The Morgan fingerprint density at radius 1 is 1.21 bits per heavy atom. The number of rotatable bonds is 5. The molecule has 1 aliphatic carbocycles. The van der Waals surface area contributed by atoms with E-state index in [1.807, 2.05) is 30.3 Å². The van der Waals surface area contributed by atoms with E-state index in [1.165, 1.54) is 17.5 Å². The minimum absolute atomic E-state index is 0.0802. The molecule has 10 nitrogen and oxygen atoms in total. The molecule has 5 N–H and O–H groups in total. The fourth-order valence-corrected chi connectivity index (χ4v) is 3.68. The Bertz CT molecular complexity index is 1260. The van der Waals surface area contributed by atoms with Gasteiger partial charge in [0.05, 0.1) is 11.9 Å². The second kappa shape index (κ2) is 7.88. The summed E-state index contributed by atoms with van der Waals surface area (Å²) in [5, 5.41) is 20.9. The molecule has 5 rings (SSSR count). The van der Waals surface area contributed by atoms with Crippen molar-refractivity contribution in [1.29, 1.82) is 0 Å². The predicted octanol–water partition coefficient (Wildman–Crippen LogP) is 3.78. The minimum Gasteiger partial charge on any atom is -0.337 e. The molecule has 3 aliphatic rings. The van der Waals surface area contributed by atoms with Crippen molar-refractivity contribution in [3.05, 3.63) is 47.9 Å². The second-order valence-corrected chi connectivity index (χ2v) is 9.55. The summed E-state index contributed by atoms with van der Waals surface area (Å²) in [5.74, 6) is 8.10. The number of hydrogen-bond acceptors (Lipinski definition) is 6. The molecule has 0 unspecified atom stereocenters. The van der Waals surface area contributed by atoms with Gasteiger partial charge in [-0.15, -0.1) is 5.10 Å². The number of nitrogens with two attached hydrogens (primary N) is 1. The van der Waals surface area contributed by atoms with Crippen LogP contribution in [0.25, 0.3) is 22.8 Å². The zero-order chi connectivity index (χ0) is 23.2. The second-order valence-electron chi connectivity index (χ2n) is 9.55. The van der Waals surface area contributed by atoms with Crippen LogP contribution in [0.5, 0.6) is 0 Å². The van der Waals surface area contributed by atoms with Crippen molar-refractivity contribution in [3.63, 3.8) is 0 Å². The molecule has 0 radical (unpaired) electrons. The van der Waals surface area contributed by atoms with Crippen LogP contribution in [0, 0.1) is 5.92 Å². The summed E-state index contributed by atoms with van der Waals surface area (Å²) >= 11 is 0. The van der Waals surface area contributed by atoms with Gasteiger partial charge >= 0.3 is 6.03 Å². The SMILES string of the molecule is CC(C)(C)c1cc(NC(=O)Nc2ccc(-c3nc(CC4CC4)c4nncc-4n3N)cc2)n[nH]1. The Morgan fingerprint density at radius 2 is 1.97 bits per heavy atom. The first-order chi connectivity index (χ1) is 15.8. The zero-order valence-corrected chi connectivity index (χ0v) is 18.9. The lowest BCUT2D eigenvalue weighted by Crippen LogP contribution is -2.20. The number of amides is 2. The van der Waals surface area contributed by atoms with Gasteiger partial charge < -0.3 is 11.2 Å². The number of H-pyrrole nitrogens is 1. The fourth-order valence-electron chi connectivity index (χ4n) is 3.68. The third kappa shape index (κ3) is 4.36. The first-order valence-corrected chi connectivity index (χ1v) is 11.0. The molecule has 10 heteroatoms. The molecule has 1 aromatic heterocycles. The van der Waals surface area contributed by atoms with E-state index in [0.29, 0.717) is 23.2 Å². The third-order valence-corrected chi connectivity index (χ3v) is 5.79. The molecule has 0 saturated heterocycles. The van der Waals surface area contributed by atoms with Gasteiger partial charge in [0.25, 0.3) is 0 Å². The maximum absolute atomic E-state index is 12.4. The van der Waals surface area contributed by atoms with Gasteiger partial charge in [-0.2, -0.15) is 10.2 Å². The summed E-state index contributed by atoms with van der Waals surface area (Å²) in [7, 11) is 0. The molecule has 33 heavy (non-hydrogen) atoms. The number of nitrogens with zero attached hydrogens (tertiary/aromatic N) is 5. The molecule has 170 valence electrons. The lowest BCUT2D eigenvalue weighted by Gasteiger charge is -2.15. The molecule has 1 fully saturated rings. The van der Waals surface area contributed by atoms with Crippen LogP contribution in [0.4, 0.5) is 16.3 Å². The minimum atomic E-state index is -0.371. The van der Waals surface area contributed by atoms with Crippen molar-refractivity contribution in [2.24, 2.45) is 5.92 Å². The highest BCUT2D eigenvalue weighted by Crippen LogP contribution is 2.36. The number of aromatic amines is 1. The van der Waals surface area contributed by atoms with E-state index in [1.54, 1.807) is 6.20 Å². The average molecular weight is 446 g/mol. The first-order valence-electron chi connectivity index (χ1n) is 11.0. The zero-order valence-electron chi connectivity index (χ0n) is 18.9. The van der Waals surface area contributed by atoms with Gasteiger partial charge in [-0.25, -0.2) is 14.5 Å². The lowest BCUT2D eigenvalue weighted by molar-refractivity contribution is 0.262. The highest BCUT2D eigenvalue weighted by atomic mass is 16.2. The van der Waals surface area contributed by atoms with Crippen molar-refractivity contribution in [2.75, 3.05) is 16.5 Å². The summed E-state index contributed by atoms with van der Waals surface area (Å²) < 4.78 is 1.52. The van der Waals surface area contributed by atoms with Gasteiger partial charge in [0.2, 0.25) is 0 Å². The number of anilines is 2. The highest BCUT2D eigenvalue weighted by molar-refractivity contribution is 5.99. The van der Waals surface area contributed by atoms with Gasteiger partial charge in [0, 0.05) is 28.4 Å². The number of fused-ring (bicyclic) bond motifs is 1. The van der Waals surface area contributed by atoms with Crippen LogP contribution in [0.2, 0.25) is 0 Å². The largest absolute Gasteiger partial charge is 0.337 e. The van der Waals surface area contributed by atoms with Crippen molar-refractivity contribution in [1.82, 2.24) is 30.1 Å². The van der Waals surface area contributed by atoms with Gasteiger partial charge in [-0.05, 0) is 49.4 Å². The number of urea groups is 1. The normalized spacial score (nSPS) is 13.9. The van der Waals surface area contributed by atoms with Crippen LogP contribution in [0.3, 0.4) is 0 Å². The Labute approximate surface area is 191 Å². The smallest absolute Gasteiger partial charge is 0.324 e. The number of nitrogens with one attached hydrogen (secondary N) is 3. The standard InChI is InChI=1S/C23H27N9O/c1-23(2,3)18-11-19(30-29-18)28-22(33)26-15-8-6-14(7-9-15)21-27-16(10-13-4-5-13)20-17(32(21)24)12-25-31-20/h6-9,11-13H,4-5,10,24H2,1-3H3,(H3,26,28,29,30,33). The summed E-state index contributed by atoms with van der Waals surface area (Å²) in [5.41, 5.74) is 4.79. The first kappa shape index (κ1) is 20.9. The van der Waals surface area contributed by atoms with Crippen LogP contribution in [-0.2, 0) is 11.8 Å². The lowest BCUT2D eigenvalue weighted by atomic mass is 9.92. The number of aromatic nitrogens is 6. The van der Waals surface area contributed by atoms with Crippen LogP contribution in [-0.4, -0.2) is 36.1 Å². The van der Waals surface area contributed by atoms with Crippen LogP contribution in [0.1, 0.15) is 45.0 Å². The molecule has 1 aromatic carbocycles. The average Bonchev–Trinajstić information content (AvgIpc) is 3.23. The van der Waals surface area contributed by atoms with E-state index in [2.05, 4.69) is 51.8 Å². The van der Waals surface area contributed by atoms with Crippen molar-refractivity contribution in [2.45, 2.75) is 45.4 Å². The van der Waals surface area contributed by atoms with Gasteiger partial charge in [0.1, 0.15) is 11.4 Å². The topological polar surface area (TPSA) is 139 Å². The van der Waals surface area contributed by atoms with Gasteiger partial charge in [-0.3, -0.25) is 10.4 Å². The summed E-state index contributed by atoms with van der Waals surface area (Å²) in [6, 6.07) is 8.84. The Kier molecular flexibility index (Phi) is 4.99. The van der Waals surface area contributed by atoms with Gasteiger partial charge in [-0.1, -0.05) is 20.8 Å². The molecule has 2 aromatic rings. The molecule has 0 spiro atoms. The molecular weight excluding hydrogens is 418 g/mol. The molecular formula is C23H27N9O. The van der Waals surface area contributed by atoms with Crippen LogP contribution >= 0.6 is 0 Å².